The van der Waals surface area contributed by atoms with Gasteiger partial charge < -0.3 is 20.1 Å². The summed E-state index contributed by atoms with van der Waals surface area (Å²) in [5.41, 5.74) is 1.26. The van der Waals surface area contributed by atoms with Crippen LogP contribution in [0.15, 0.2) is 41.9 Å². The molecule has 3 aromatic rings. The Labute approximate surface area is 163 Å². The van der Waals surface area contributed by atoms with Gasteiger partial charge in [-0.3, -0.25) is 4.79 Å². The lowest BCUT2D eigenvalue weighted by molar-refractivity contribution is -0.122. The molecule has 0 saturated heterocycles. The number of para-hydroxylation sites is 1. The van der Waals surface area contributed by atoms with Crippen molar-refractivity contribution >= 4 is 30.3 Å². The number of nitrogens with zero attached hydrogens (tertiary/aromatic N) is 3. The molecule has 1 unspecified atom stereocenters. The van der Waals surface area contributed by atoms with Crippen LogP contribution in [0.25, 0.3) is 10.6 Å². The molecule has 0 fully saturated rings. The van der Waals surface area contributed by atoms with Crippen LogP contribution in [-0.2, 0) is 17.8 Å². The van der Waals surface area contributed by atoms with Gasteiger partial charge in [0.2, 0.25) is 5.91 Å². The Morgan fingerprint density at radius 3 is 2.96 bits per heavy atom. The molecule has 9 nitrogen and oxygen atoms in total. The number of aromatic carboxylic acids is 1. The Kier molecular flexibility index (Phi) is 4.84. The Balaban J connectivity index is 1.42. The van der Waals surface area contributed by atoms with Gasteiger partial charge in [0.15, 0.2) is 0 Å². The SMILES string of the molecule is O=C(Cn1cc(-c2cccs2)nn1)NC1Cc2cccc(C(=O)O)c2OB1O. The summed E-state index contributed by atoms with van der Waals surface area (Å²) in [4.78, 5) is 24.6. The van der Waals surface area contributed by atoms with E-state index >= 15 is 0 Å². The van der Waals surface area contributed by atoms with E-state index in [9.17, 15) is 19.7 Å². The third-order valence-electron chi connectivity index (χ3n) is 4.31. The number of rotatable bonds is 5. The van der Waals surface area contributed by atoms with E-state index in [-0.39, 0.29) is 30.2 Å². The second-order valence-electron chi connectivity index (χ2n) is 6.26. The number of nitrogens with one attached hydrogen (secondary N) is 1. The van der Waals surface area contributed by atoms with Crippen LogP contribution < -0.4 is 9.97 Å². The maximum Gasteiger partial charge on any atom is 0.547 e. The highest BCUT2D eigenvalue weighted by Crippen LogP contribution is 2.30. The topological polar surface area (TPSA) is 127 Å². The van der Waals surface area contributed by atoms with Crippen molar-refractivity contribution < 1.29 is 24.4 Å². The first-order valence-electron chi connectivity index (χ1n) is 8.44. The standard InChI is InChI=1S/C17H15BN4O5S/c23-15(9-22-8-12(20-21-22)13-5-2-6-28-13)19-14-7-10-3-1-4-11(17(24)25)16(10)27-18(14)26/h1-6,8,14,26H,7,9H2,(H,19,23)(H,24,25). The maximum absolute atomic E-state index is 12.4. The molecule has 11 heteroatoms. The molecule has 28 heavy (non-hydrogen) atoms. The zero-order valence-corrected chi connectivity index (χ0v) is 15.3. The van der Waals surface area contributed by atoms with Crippen LogP contribution in [0.4, 0.5) is 0 Å². The zero-order chi connectivity index (χ0) is 19.7. The fourth-order valence-corrected chi connectivity index (χ4v) is 3.70. The van der Waals surface area contributed by atoms with Gasteiger partial charge in [0.05, 0.1) is 22.6 Å². The van der Waals surface area contributed by atoms with Gasteiger partial charge in [-0.1, -0.05) is 23.4 Å². The first kappa shape index (κ1) is 18.2. The zero-order valence-electron chi connectivity index (χ0n) is 14.5. The fraction of sp³-hybridized carbons (Fsp3) is 0.176. The number of carboxylic acid groups (broad SMARTS) is 1. The molecule has 0 bridgehead atoms. The Hall–Kier alpha value is -3.18. The number of aromatic nitrogens is 3. The van der Waals surface area contributed by atoms with E-state index in [1.54, 1.807) is 18.3 Å². The summed E-state index contributed by atoms with van der Waals surface area (Å²) in [7, 11) is -1.35. The highest BCUT2D eigenvalue weighted by atomic mass is 32.1. The Bertz CT molecular complexity index is 1020. The van der Waals surface area contributed by atoms with Gasteiger partial charge in [0, 0.05) is 0 Å². The fourth-order valence-electron chi connectivity index (χ4n) is 3.03. The summed E-state index contributed by atoms with van der Waals surface area (Å²) >= 11 is 1.53. The molecular weight excluding hydrogens is 383 g/mol. The molecule has 1 atom stereocenters. The molecule has 1 amide bonds. The van der Waals surface area contributed by atoms with Crippen molar-refractivity contribution in [2.75, 3.05) is 0 Å². The van der Waals surface area contributed by atoms with Gasteiger partial charge in [-0.05, 0) is 29.5 Å². The predicted octanol–water partition coefficient (Wildman–Crippen LogP) is 0.844. The van der Waals surface area contributed by atoms with Crippen LogP contribution in [0.5, 0.6) is 5.75 Å². The molecule has 0 aliphatic carbocycles. The number of amides is 1. The van der Waals surface area contributed by atoms with Crippen molar-refractivity contribution in [2.45, 2.75) is 18.9 Å². The van der Waals surface area contributed by atoms with E-state index < -0.39 is 19.0 Å². The van der Waals surface area contributed by atoms with E-state index in [2.05, 4.69) is 15.6 Å². The maximum atomic E-state index is 12.4. The molecule has 0 spiro atoms. The lowest BCUT2D eigenvalue weighted by Crippen LogP contribution is -2.53. The molecule has 4 rings (SSSR count). The number of carbonyl (C=O) groups is 2. The van der Waals surface area contributed by atoms with E-state index in [1.807, 2.05) is 17.5 Å². The summed E-state index contributed by atoms with van der Waals surface area (Å²) in [6.07, 6.45) is 1.93. The van der Waals surface area contributed by atoms with Gasteiger partial charge in [0.1, 0.15) is 18.0 Å². The number of benzene rings is 1. The molecule has 3 N–H and O–H groups in total. The first-order valence-corrected chi connectivity index (χ1v) is 9.32. The summed E-state index contributed by atoms with van der Waals surface area (Å²) < 4.78 is 6.78. The number of hydrogen-bond acceptors (Lipinski definition) is 7. The van der Waals surface area contributed by atoms with Crippen LogP contribution in [0.3, 0.4) is 0 Å². The van der Waals surface area contributed by atoms with Gasteiger partial charge in [0.25, 0.3) is 0 Å². The molecule has 1 aromatic carbocycles. The number of carbonyl (C=O) groups excluding carboxylic acids is 1. The van der Waals surface area contributed by atoms with Crippen LogP contribution >= 0.6 is 11.3 Å². The Morgan fingerprint density at radius 1 is 1.36 bits per heavy atom. The molecular formula is C17H15BN4O5S. The summed E-state index contributed by atoms with van der Waals surface area (Å²) in [6.45, 7) is -0.0659. The smallest absolute Gasteiger partial charge is 0.534 e. The van der Waals surface area contributed by atoms with Crippen LogP contribution in [0.1, 0.15) is 15.9 Å². The lowest BCUT2D eigenvalue weighted by Gasteiger charge is -2.28. The van der Waals surface area contributed by atoms with E-state index in [1.165, 1.54) is 22.1 Å². The number of fused-ring (bicyclic) bond motifs is 1. The van der Waals surface area contributed by atoms with E-state index in [4.69, 9.17) is 4.65 Å². The minimum Gasteiger partial charge on any atom is -0.534 e. The summed E-state index contributed by atoms with van der Waals surface area (Å²) in [5.74, 6) is -2.08. The second kappa shape index (κ2) is 7.45. The molecule has 1 aliphatic heterocycles. The van der Waals surface area contributed by atoms with Gasteiger partial charge in [-0.2, -0.15) is 0 Å². The lowest BCUT2D eigenvalue weighted by atomic mass is 9.72. The molecule has 142 valence electrons. The molecule has 1 aliphatic rings. The minimum atomic E-state index is -1.35. The predicted molar refractivity (Wildman–Crippen MR) is 101 cm³/mol. The van der Waals surface area contributed by atoms with Crippen molar-refractivity contribution in [3.63, 3.8) is 0 Å². The average Bonchev–Trinajstić information content (AvgIpc) is 3.33. The molecule has 2 aromatic heterocycles. The third kappa shape index (κ3) is 3.62. The van der Waals surface area contributed by atoms with Crippen molar-refractivity contribution in [1.29, 1.82) is 0 Å². The monoisotopic (exact) mass is 398 g/mol. The van der Waals surface area contributed by atoms with Crippen molar-refractivity contribution in [3.8, 4) is 16.3 Å². The highest BCUT2D eigenvalue weighted by molar-refractivity contribution is 7.13. The molecule has 3 heterocycles. The van der Waals surface area contributed by atoms with Crippen LogP contribution in [0, 0.1) is 0 Å². The second-order valence-corrected chi connectivity index (χ2v) is 7.21. The van der Waals surface area contributed by atoms with Crippen molar-refractivity contribution in [1.82, 2.24) is 20.3 Å². The summed E-state index contributed by atoms with van der Waals surface area (Å²) in [5, 5.41) is 32.1. The van der Waals surface area contributed by atoms with Gasteiger partial charge in [-0.25, -0.2) is 9.48 Å². The van der Waals surface area contributed by atoms with Crippen molar-refractivity contribution in [2.24, 2.45) is 0 Å². The van der Waals surface area contributed by atoms with Crippen LogP contribution in [-0.4, -0.2) is 50.1 Å². The first-order chi connectivity index (χ1) is 13.5. The molecule has 0 saturated carbocycles. The quantitative estimate of drug-likeness (QED) is 0.544. The van der Waals surface area contributed by atoms with E-state index in [0.717, 1.165) is 4.88 Å². The van der Waals surface area contributed by atoms with E-state index in [0.29, 0.717) is 11.3 Å². The van der Waals surface area contributed by atoms with Gasteiger partial charge >= 0.3 is 13.1 Å². The van der Waals surface area contributed by atoms with Crippen molar-refractivity contribution in [3.05, 3.63) is 53.0 Å². The van der Waals surface area contributed by atoms with Gasteiger partial charge in [-0.15, -0.1) is 16.4 Å². The number of carboxylic acids is 1. The number of hydrogen-bond donors (Lipinski definition) is 3. The highest BCUT2D eigenvalue weighted by Gasteiger charge is 2.37. The normalized spacial score (nSPS) is 15.6. The summed E-state index contributed by atoms with van der Waals surface area (Å²) in [6, 6.07) is 8.53. The molecule has 0 radical (unpaired) electrons. The van der Waals surface area contributed by atoms with Crippen LogP contribution in [0.2, 0.25) is 0 Å². The largest absolute Gasteiger partial charge is 0.547 e. The minimum absolute atomic E-state index is 0.0231. The Morgan fingerprint density at radius 2 is 2.21 bits per heavy atom. The number of thiophene rings is 1. The third-order valence-corrected chi connectivity index (χ3v) is 5.21. The average molecular weight is 398 g/mol.